The van der Waals surface area contributed by atoms with Gasteiger partial charge >= 0.3 is 7.82 Å². The van der Waals surface area contributed by atoms with Crippen molar-refractivity contribution in [1.82, 2.24) is 19.5 Å². The number of phosphoric acid groups is 1. The number of nitrogens with zero attached hydrogens (tertiary/aromatic N) is 4. The molecule has 2 fully saturated rings. The van der Waals surface area contributed by atoms with Crippen molar-refractivity contribution in [1.29, 1.82) is 0 Å². The average molecular weight is 461 g/mol. The number of hydrogen-bond acceptors (Lipinski definition) is 10. The molecule has 4 atom stereocenters. The lowest BCUT2D eigenvalue weighted by atomic mass is 10.0. The van der Waals surface area contributed by atoms with Gasteiger partial charge in [0.2, 0.25) is 0 Å². The zero-order valence-electron chi connectivity index (χ0n) is 15.9. The summed E-state index contributed by atoms with van der Waals surface area (Å²) in [7, 11) is -4.75. The monoisotopic (exact) mass is 461 g/mol. The Morgan fingerprint density at radius 3 is 2.67 bits per heavy atom. The van der Waals surface area contributed by atoms with Gasteiger partial charge in [0.15, 0.2) is 22.8 Å². The maximum atomic E-state index is 10.9. The van der Waals surface area contributed by atoms with Gasteiger partial charge in [-0.15, -0.1) is 0 Å². The molecule has 0 radical (unpaired) electrons. The SMILES string of the molecule is Nc1nc(SC2CCCCC2)nc2c1ncn2[C@@H]1O[C@H](COP(=O)(O)O)[C@@H](O)[C@H]1O. The molecule has 166 valence electrons. The van der Waals surface area contributed by atoms with Crippen molar-refractivity contribution in [3.8, 4) is 0 Å². The minimum Gasteiger partial charge on any atom is -0.387 e. The summed E-state index contributed by atoms with van der Waals surface area (Å²) in [6, 6.07) is 0. The largest absolute Gasteiger partial charge is 0.469 e. The molecule has 0 spiro atoms. The maximum Gasteiger partial charge on any atom is 0.469 e. The number of aliphatic hydroxyl groups is 2. The quantitative estimate of drug-likeness (QED) is 0.298. The summed E-state index contributed by atoms with van der Waals surface area (Å²) in [6.45, 7) is -0.592. The van der Waals surface area contributed by atoms with Crippen molar-refractivity contribution in [3.05, 3.63) is 6.33 Å². The van der Waals surface area contributed by atoms with Crippen LogP contribution < -0.4 is 5.73 Å². The third kappa shape index (κ3) is 4.63. The number of rotatable bonds is 6. The lowest BCUT2D eigenvalue weighted by Crippen LogP contribution is -2.33. The van der Waals surface area contributed by atoms with Crippen LogP contribution in [0.1, 0.15) is 38.3 Å². The Morgan fingerprint density at radius 2 is 1.97 bits per heavy atom. The molecule has 1 aliphatic carbocycles. The van der Waals surface area contributed by atoms with E-state index in [1.165, 1.54) is 30.2 Å². The van der Waals surface area contributed by atoms with Gasteiger partial charge < -0.3 is 30.5 Å². The number of nitrogens with two attached hydrogens (primary N) is 1. The summed E-state index contributed by atoms with van der Waals surface area (Å²) in [6.07, 6.45) is 2.08. The van der Waals surface area contributed by atoms with Crippen LogP contribution in [0.25, 0.3) is 11.2 Å². The van der Waals surface area contributed by atoms with Gasteiger partial charge in [-0.25, -0.2) is 19.5 Å². The molecule has 0 unspecified atom stereocenters. The Balaban J connectivity index is 1.58. The molecular weight excluding hydrogens is 437 g/mol. The van der Waals surface area contributed by atoms with Gasteiger partial charge in [-0.1, -0.05) is 31.0 Å². The van der Waals surface area contributed by atoms with Gasteiger partial charge in [0, 0.05) is 5.25 Å². The highest BCUT2D eigenvalue weighted by Gasteiger charge is 2.45. The summed E-state index contributed by atoms with van der Waals surface area (Å²) >= 11 is 1.56. The second-order valence-electron chi connectivity index (χ2n) is 7.43. The van der Waals surface area contributed by atoms with Crippen LogP contribution in [0.3, 0.4) is 0 Å². The number of fused-ring (bicyclic) bond motifs is 1. The maximum absolute atomic E-state index is 10.9. The molecule has 0 bridgehead atoms. The van der Waals surface area contributed by atoms with E-state index in [0.29, 0.717) is 21.6 Å². The number of aliphatic hydroxyl groups excluding tert-OH is 2. The van der Waals surface area contributed by atoms with E-state index >= 15 is 0 Å². The number of hydrogen-bond donors (Lipinski definition) is 5. The first-order chi connectivity index (χ1) is 14.2. The Kier molecular flexibility index (Phi) is 6.33. The molecule has 4 rings (SSSR count). The van der Waals surface area contributed by atoms with E-state index in [4.69, 9.17) is 20.3 Å². The highest BCUT2D eigenvalue weighted by Crippen LogP contribution is 2.39. The number of aromatic nitrogens is 4. The van der Waals surface area contributed by atoms with Crippen molar-refractivity contribution in [2.24, 2.45) is 0 Å². The number of thioether (sulfide) groups is 1. The molecule has 2 aliphatic rings. The number of anilines is 1. The van der Waals surface area contributed by atoms with Crippen LogP contribution in [-0.4, -0.2) is 69.7 Å². The molecule has 1 saturated carbocycles. The zero-order valence-corrected chi connectivity index (χ0v) is 17.7. The van der Waals surface area contributed by atoms with Gasteiger partial charge in [0.05, 0.1) is 12.9 Å². The number of phosphoric ester groups is 1. The predicted molar refractivity (Wildman–Crippen MR) is 106 cm³/mol. The molecule has 12 nitrogen and oxygen atoms in total. The van der Waals surface area contributed by atoms with Crippen molar-refractivity contribution in [3.63, 3.8) is 0 Å². The number of imidazole rings is 1. The first kappa shape index (κ1) is 21.9. The van der Waals surface area contributed by atoms with E-state index in [-0.39, 0.29) is 5.82 Å². The fourth-order valence-corrected chi connectivity index (χ4v) is 5.25. The van der Waals surface area contributed by atoms with Crippen molar-refractivity contribution < 1.29 is 33.8 Å². The van der Waals surface area contributed by atoms with Crippen LogP contribution in [0.15, 0.2) is 11.5 Å². The summed E-state index contributed by atoms with van der Waals surface area (Å²) in [5, 5.41) is 21.6. The number of nitrogen functional groups attached to an aromatic ring is 1. The summed E-state index contributed by atoms with van der Waals surface area (Å²) in [4.78, 5) is 30.8. The van der Waals surface area contributed by atoms with Crippen molar-refractivity contribution in [2.75, 3.05) is 12.3 Å². The van der Waals surface area contributed by atoms with Gasteiger partial charge in [-0.3, -0.25) is 9.09 Å². The molecule has 3 heterocycles. The Hall–Kier alpha value is -1.31. The molecular formula is C16H24N5O7PS. The van der Waals surface area contributed by atoms with E-state index in [9.17, 15) is 14.8 Å². The van der Waals surface area contributed by atoms with Crippen LogP contribution in [-0.2, 0) is 13.8 Å². The zero-order chi connectivity index (χ0) is 21.5. The first-order valence-corrected chi connectivity index (χ1v) is 12.0. The fourth-order valence-electron chi connectivity index (χ4n) is 3.76. The van der Waals surface area contributed by atoms with E-state index in [2.05, 4.69) is 19.5 Å². The second-order valence-corrected chi connectivity index (χ2v) is 9.93. The Morgan fingerprint density at radius 1 is 1.23 bits per heavy atom. The lowest BCUT2D eigenvalue weighted by Gasteiger charge is -2.20. The van der Waals surface area contributed by atoms with E-state index in [1.807, 2.05) is 0 Å². The number of ether oxygens (including phenoxy) is 1. The van der Waals surface area contributed by atoms with Gasteiger partial charge in [-0.05, 0) is 12.8 Å². The first-order valence-electron chi connectivity index (χ1n) is 9.61. The molecule has 0 aromatic carbocycles. The van der Waals surface area contributed by atoms with Crippen molar-refractivity contribution in [2.45, 2.75) is 67.1 Å². The normalized spacial score (nSPS) is 28.4. The molecule has 14 heteroatoms. The van der Waals surface area contributed by atoms with Gasteiger partial charge in [0.1, 0.15) is 23.8 Å². The second kappa shape index (κ2) is 8.67. The summed E-state index contributed by atoms with van der Waals surface area (Å²) in [5.74, 6) is 0.200. The topological polar surface area (TPSA) is 186 Å². The van der Waals surface area contributed by atoms with Crippen LogP contribution in [0.5, 0.6) is 0 Å². The third-order valence-corrected chi connectivity index (χ3v) is 6.95. The molecule has 2 aromatic rings. The summed E-state index contributed by atoms with van der Waals surface area (Å²) < 4.78 is 22.4. The standard InChI is InChI=1S/C16H24N5O7PS/c17-13-10-14(20-16(19-13)30-8-4-2-1-3-5-8)21(7-18-10)15-12(23)11(22)9(28-15)6-27-29(24,25)26/h7-9,11-12,15,22-23H,1-6H2,(H2,17,19,20)(H2,24,25,26)/t9-,11-,12-,15-/m1/s1. The Labute approximate surface area is 176 Å². The van der Waals surface area contributed by atoms with Gasteiger partial charge in [0.25, 0.3) is 0 Å². The van der Waals surface area contributed by atoms with Crippen LogP contribution in [0.2, 0.25) is 0 Å². The van der Waals surface area contributed by atoms with E-state index in [0.717, 1.165) is 12.8 Å². The molecule has 1 aliphatic heterocycles. The minimum atomic E-state index is -4.75. The smallest absolute Gasteiger partial charge is 0.387 e. The van der Waals surface area contributed by atoms with Gasteiger partial charge in [-0.2, -0.15) is 0 Å². The third-order valence-electron chi connectivity index (χ3n) is 5.27. The molecule has 0 amide bonds. The average Bonchev–Trinajstić information content (AvgIpc) is 3.22. The summed E-state index contributed by atoms with van der Waals surface area (Å²) in [5.41, 5.74) is 6.74. The molecule has 6 N–H and O–H groups in total. The lowest BCUT2D eigenvalue weighted by molar-refractivity contribution is -0.0504. The Bertz CT molecular complexity index is 949. The van der Waals surface area contributed by atoms with Crippen LogP contribution in [0, 0.1) is 0 Å². The van der Waals surface area contributed by atoms with Crippen LogP contribution >= 0.6 is 19.6 Å². The fraction of sp³-hybridized carbons (Fsp3) is 0.688. The highest BCUT2D eigenvalue weighted by molar-refractivity contribution is 7.99. The highest BCUT2D eigenvalue weighted by atomic mass is 32.2. The van der Waals surface area contributed by atoms with E-state index < -0.39 is 39.0 Å². The van der Waals surface area contributed by atoms with Crippen LogP contribution in [0.4, 0.5) is 5.82 Å². The predicted octanol–water partition coefficient (Wildman–Crippen LogP) is 0.562. The molecule has 2 aromatic heterocycles. The minimum absolute atomic E-state index is 0.200. The van der Waals surface area contributed by atoms with E-state index in [1.54, 1.807) is 11.8 Å². The van der Waals surface area contributed by atoms with Crippen molar-refractivity contribution >= 4 is 36.6 Å². The molecule has 1 saturated heterocycles. The molecule has 30 heavy (non-hydrogen) atoms.